The second kappa shape index (κ2) is 10.4. The van der Waals surface area contributed by atoms with Crippen LogP contribution in [0.1, 0.15) is 18.1 Å². The van der Waals surface area contributed by atoms with E-state index < -0.39 is 16.1 Å². The maximum atomic E-state index is 12.7. The maximum absolute atomic E-state index is 12.7. The number of benzene rings is 2. The normalized spacial score (nSPS) is 16.2. The largest absolute Gasteiger partial charge is 0.341 e. The highest BCUT2D eigenvalue weighted by Gasteiger charge is 2.30. The van der Waals surface area contributed by atoms with E-state index in [1.807, 2.05) is 48.5 Å². The van der Waals surface area contributed by atoms with Crippen molar-refractivity contribution in [2.45, 2.75) is 18.7 Å². The van der Waals surface area contributed by atoms with Crippen LogP contribution in [0.4, 0.5) is 0 Å². The average Bonchev–Trinajstić information content (AvgIpc) is 2.78. The zero-order chi connectivity index (χ0) is 22.3. The Bertz CT molecular complexity index is 1020. The SMILES string of the molecule is CC(NC(=O)/C=C/c1ccccc1)C(=O)N1CCN(S(=O)(=O)Cc2ccccc2)CC1. The fraction of sp³-hybridized carbons (Fsp3) is 0.304. The number of hydrogen-bond donors (Lipinski definition) is 1. The minimum atomic E-state index is -3.44. The molecular weight excluding hydrogens is 414 g/mol. The molecular formula is C23H27N3O4S. The van der Waals surface area contributed by atoms with Crippen LogP contribution in [-0.4, -0.2) is 61.7 Å². The zero-order valence-electron chi connectivity index (χ0n) is 17.5. The van der Waals surface area contributed by atoms with E-state index in [1.54, 1.807) is 30.0 Å². The number of sulfonamides is 1. The zero-order valence-corrected chi connectivity index (χ0v) is 18.3. The van der Waals surface area contributed by atoms with Crippen molar-refractivity contribution < 1.29 is 18.0 Å². The monoisotopic (exact) mass is 441 g/mol. The molecule has 3 rings (SSSR count). The second-order valence-corrected chi connectivity index (χ2v) is 9.41. The van der Waals surface area contributed by atoms with Crippen LogP contribution in [0, 0.1) is 0 Å². The molecule has 2 aromatic carbocycles. The standard InChI is InChI=1S/C23H27N3O4S/c1-19(24-22(27)13-12-20-8-4-2-5-9-20)23(28)25-14-16-26(17-15-25)31(29,30)18-21-10-6-3-7-11-21/h2-13,19H,14-18H2,1H3,(H,24,27)/b13-12+. The lowest BCUT2D eigenvalue weighted by atomic mass is 10.2. The summed E-state index contributed by atoms with van der Waals surface area (Å²) in [6, 6.07) is 17.8. The molecule has 164 valence electrons. The fourth-order valence-electron chi connectivity index (χ4n) is 3.40. The number of hydrogen-bond acceptors (Lipinski definition) is 4. The van der Waals surface area contributed by atoms with Crippen LogP contribution in [0.3, 0.4) is 0 Å². The minimum absolute atomic E-state index is 0.0536. The van der Waals surface area contributed by atoms with E-state index in [9.17, 15) is 18.0 Å². The van der Waals surface area contributed by atoms with Crippen molar-refractivity contribution in [3.63, 3.8) is 0 Å². The molecule has 1 heterocycles. The van der Waals surface area contributed by atoms with Crippen molar-refractivity contribution in [1.82, 2.24) is 14.5 Å². The molecule has 2 amide bonds. The molecule has 0 bridgehead atoms. The van der Waals surface area contributed by atoms with Crippen LogP contribution in [0.5, 0.6) is 0 Å². The van der Waals surface area contributed by atoms with Gasteiger partial charge in [0.05, 0.1) is 5.75 Å². The lowest BCUT2D eigenvalue weighted by Crippen LogP contribution is -2.55. The summed E-state index contributed by atoms with van der Waals surface area (Å²) in [5.74, 6) is -0.627. The molecule has 1 fully saturated rings. The Balaban J connectivity index is 1.49. The highest BCUT2D eigenvalue weighted by atomic mass is 32.2. The minimum Gasteiger partial charge on any atom is -0.341 e. The molecule has 0 spiro atoms. The number of nitrogens with zero attached hydrogens (tertiary/aromatic N) is 2. The quantitative estimate of drug-likeness (QED) is 0.665. The number of amides is 2. The molecule has 2 aromatic rings. The molecule has 31 heavy (non-hydrogen) atoms. The van der Waals surface area contributed by atoms with Gasteiger partial charge in [-0.25, -0.2) is 8.42 Å². The number of carbonyl (C=O) groups excluding carboxylic acids is 2. The van der Waals surface area contributed by atoms with Crippen LogP contribution >= 0.6 is 0 Å². The first-order valence-corrected chi connectivity index (χ1v) is 11.8. The summed E-state index contributed by atoms with van der Waals surface area (Å²) in [6.45, 7) is 2.72. The molecule has 1 aliphatic rings. The lowest BCUT2D eigenvalue weighted by molar-refractivity contribution is -0.136. The van der Waals surface area contributed by atoms with E-state index >= 15 is 0 Å². The van der Waals surface area contributed by atoms with Gasteiger partial charge in [0.25, 0.3) is 0 Å². The molecule has 8 heteroatoms. The third-order valence-corrected chi connectivity index (χ3v) is 6.94. The average molecular weight is 442 g/mol. The first-order valence-electron chi connectivity index (χ1n) is 10.2. The van der Waals surface area contributed by atoms with Gasteiger partial charge in [-0.1, -0.05) is 60.7 Å². The molecule has 1 unspecified atom stereocenters. The predicted molar refractivity (Wildman–Crippen MR) is 120 cm³/mol. The molecule has 1 N–H and O–H groups in total. The number of piperazine rings is 1. The number of nitrogens with one attached hydrogen (secondary N) is 1. The van der Waals surface area contributed by atoms with E-state index in [0.29, 0.717) is 13.1 Å². The molecule has 0 radical (unpaired) electrons. The molecule has 1 aliphatic heterocycles. The Labute approximate surface area is 183 Å². The third-order valence-electron chi connectivity index (χ3n) is 5.09. The number of rotatable bonds is 7. The van der Waals surface area contributed by atoms with Crippen molar-refractivity contribution in [2.24, 2.45) is 0 Å². The third kappa shape index (κ3) is 6.50. The van der Waals surface area contributed by atoms with Crippen LogP contribution in [-0.2, 0) is 25.4 Å². The van der Waals surface area contributed by atoms with E-state index in [0.717, 1.165) is 11.1 Å². The van der Waals surface area contributed by atoms with Crippen molar-refractivity contribution in [2.75, 3.05) is 26.2 Å². The molecule has 0 aliphatic carbocycles. The predicted octanol–water partition coefficient (Wildman–Crippen LogP) is 1.88. The first-order chi connectivity index (χ1) is 14.8. The topological polar surface area (TPSA) is 86.8 Å². The summed E-state index contributed by atoms with van der Waals surface area (Å²) in [5.41, 5.74) is 1.63. The van der Waals surface area contributed by atoms with Crippen molar-refractivity contribution >= 4 is 27.9 Å². The van der Waals surface area contributed by atoms with Crippen LogP contribution in [0.25, 0.3) is 6.08 Å². The highest BCUT2D eigenvalue weighted by Crippen LogP contribution is 2.14. The van der Waals surface area contributed by atoms with Gasteiger partial charge in [0.1, 0.15) is 6.04 Å². The Morgan fingerprint density at radius 2 is 1.55 bits per heavy atom. The Morgan fingerprint density at radius 3 is 2.16 bits per heavy atom. The van der Waals surface area contributed by atoms with E-state index in [1.165, 1.54) is 10.4 Å². The van der Waals surface area contributed by atoms with Gasteiger partial charge < -0.3 is 10.2 Å². The van der Waals surface area contributed by atoms with E-state index in [4.69, 9.17) is 0 Å². The van der Waals surface area contributed by atoms with Gasteiger partial charge in [-0.2, -0.15) is 4.31 Å². The van der Waals surface area contributed by atoms with E-state index in [2.05, 4.69) is 5.32 Å². The smallest absolute Gasteiger partial charge is 0.244 e. The molecule has 1 atom stereocenters. The second-order valence-electron chi connectivity index (χ2n) is 7.44. The van der Waals surface area contributed by atoms with Gasteiger partial charge in [-0.3, -0.25) is 9.59 Å². The van der Waals surface area contributed by atoms with Crippen molar-refractivity contribution in [1.29, 1.82) is 0 Å². The molecule has 1 saturated heterocycles. The Kier molecular flexibility index (Phi) is 7.59. The lowest BCUT2D eigenvalue weighted by Gasteiger charge is -2.35. The Morgan fingerprint density at radius 1 is 0.968 bits per heavy atom. The van der Waals surface area contributed by atoms with Gasteiger partial charge in [0.2, 0.25) is 21.8 Å². The van der Waals surface area contributed by atoms with Gasteiger partial charge in [-0.05, 0) is 24.1 Å². The fourth-order valence-corrected chi connectivity index (χ4v) is 4.91. The summed E-state index contributed by atoms with van der Waals surface area (Å²) in [5, 5.41) is 2.67. The van der Waals surface area contributed by atoms with Crippen LogP contribution < -0.4 is 5.32 Å². The van der Waals surface area contributed by atoms with Crippen molar-refractivity contribution in [3.05, 3.63) is 77.9 Å². The summed E-state index contributed by atoms with van der Waals surface area (Å²) in [6.07, 6.45) is 3.08. The first kappa shape index (κ1) is 22.7. The molecule has 0 saturated carbocycles. The van der Waals surface area contributed by atoms with Gasteiger partial charge >= 0.3 is 0 Å². The maximum Gasteiger partial charge on any atom is 0.244 e. The van der Waals surface area contributed by atoms with Crippen LogP contribution in [0.2, 0.25) is 0 Å². The van der Waals surface area contributed by atoms with Gasteiger partial charge in [0, 0.05) is 32.3 Å². The Hall–Kier alpha value is -2.97. The summed E-state index contributed by atoms with van der Waals surface area (Å²) in [4.78, 5) is 26.4. The summed E-state index contributed by atoms with van der Waals surface area (Å²) < 4.78 is 26.7. The molecule has 7 nitrogen and oxygen atoms in total. The van der Waals surface area contributed by atoms with Crippen molar-refractivity contribution in [3.8, 4) is 0 Å². The highest BCUT2D eigenvalue weighted by molar-refractivity contribution is 7.88. The summed E-state index contributed by atoms with van der Waals surface area (Å²) >= 11 is 0. The van der Waals surface area contributed by atoms with E-state index in [-0.39, 0.29) is 30.7 Å². The van der Waals surface area contributed by atoms with Gasteiger partial charge in [0.15, 0.2) is 0 Å². The van der Waals surface area contributed by atoms with Crippen LogP contribution in [0.15, 0.2) is 66.7 Å². The molecule has 0 aromatic heterocycles. The van der Waals surface area contributed by atoms with Gasteiger partial charge in [-0.15, -0.1) is 0 Å². The summed E-state index contributed by atoms with van der Waals surface area (Å²) in [7, 11) is -3.44. The number of carbonyl (C=O) groups is 2.